The standard InChI is InChI=1S/C39H46N2O2/c1-6-28(5)39(42)43-33-13-11-12-31(26-33)40-37-25-24-36(34-14-9-10-15-35(34)37)38(29-18-16-27(4)17-19-29)30-20-22-32(23-21-30)41(7-2)8-3/h9-10,14-25,28,31,33H,6-8,11-13,26H2,1-5H3. The first-order chi connectivity index (χ1) is 20.9. The van der Waals surface area contributed by atoms with E-state index in [1.165, 1.54) is 39.1 Å². The van der Waals surface area contributed by atoms with Crippen LogP contribution in [0.4, 0.5) is 5.69 Å². The topological polar surface area (TPSA) is 41.9 Å². The highest BCUT2D eigenvalue weighted by molar-refractivity contribution is 6.19. The molecule has 1 fully saturated rings. The SMILES string of the molecule is CCC(C)C(=O)OC1CCCC(N=C2C=CC(=C(c3ccc(C)cc3)c3ccc(N(CC)CC)cc3)c3ccccc32)C1. The van der Waals surface area contributed by atoms with Crippen molar-refractivity contribution < 1.29 is 9.53 Å². The summed E-state index contributed by atoms with van der Waals surface area (Å²) >= 11 is 0. The predicted octanol–water partition coefficient (Wildman–Crippen LogP) is 9.06. The van der Waals surface area contributed by atoms with Gasteiger partial charge in [-0.2, -0.15) is 0 Å². The summed E-state index contributed by atoms with van der Waals surface area (Å²) in [4.78, 5) is 20.1. The van der Waals surface area contributed by atoms with Gasteiger partial charge in [-0.3, -0.25) is 9.79 Å². The number of esters is 1. The van der Waals surface area contributed by atoms with E-state index in [-0.39, 0.29) is 24.0 Å². The van der Waals surface area contributed by atoms with Crippen molar-refractivity contribution in [3.63, 3.8) is 0 Å². The number of aliphatic imine (C=N–C) groups is 1. The highest BCUT2D eigenvalue weighted by Gasteiger charge is 2.27. The van der Waals surface area contributed by atoms with Crippen molar-refractivity contribution in [2.45, 2.75) is 78.9 Å². The molecule has 2 aliphatic rings. The van der Waals surface area contributed by atoms with Crippen molar-refractivity contribution in [3.8, 4) is 0 Å². The van der Waals surface area contributed by atoms with E-state index in [2.05, 4.69) is 111 Å². The van der Waals surface area contributed by atoms with Crippen molar-refractivity contribution in [1.82, 2.24) is 0 Å². The largest absolute Gasteiger partial charge is 0.462 e. The zero-order valence-corrected chi connectivity index (χ0v) is 26.5. The quantitative estimate of drug-likeness (QED) is 0.239. The lowest BCUT2D eigenvalue weighted by atomic mass is 9.83. The van der Waals surface area contributed by atoms with Crippen molar-refractivity contribution in [2.24, 2.45) is 10.9 Å². The molecule has 0 aromatic heterocycles. The summed E-state index contributed by atoms with van der Waals surface area (Å²) in [7, 11) is 0. The van der Waals surface area contributed by atoms with Crippen LogP contribution in [0.25, 0.3) is 11.1 Å². The molecule has 3 aromatic rings. The van der Waals surface area contributed by atoms with Gasteiger partial charge in [0.15, 0.2) is 0 Å². The lowest BCUT2D eigenvalue weighted by Crippen LogP contribution is -2.30. The zero-order valence-electron chi connectivity index (χ0n) is 26.5. The predicted molar refractivity (Wildman–Crippen MR) is 181 cm³/mol. The monoisotopic (exact) mass is 574 g/mol. The van der Waals surface area contributed by atoms with Gasteiger partial charge in [0.25, 0.3) is 0 Å². The second kappa shape index (κ2) is 14.0. The fourth-order valence-corrected chi connectivity index (χ4v) is 6.23. The molecule has 0 bridgehead atoms. The molecule has 0 spiro atoms. The normalized spacial score (nSPS) is 20.8. The Kier molecular flexibility index (Phi) is 9.97. The van der Waals surface area contributed by atoms with Gasteiger partial charge in [-0.25, -0.2) is 0 Å². The Morgan fingerprint density at radius 2 is 1.53 bits per heavy atom. The van der Waals surface area contributed by atoms with Crippen molar-refractivity contribution in [2.75, 3.05) is 18.0 Å². The molecule has 0 radical (unpaired) electrons. The van der Waals surface area contributed by atoms with Gasteiger partial charge in [0, 0.05) is 30.8 Å². The summed E-state index contributed by atoms with van der Waals surface area (Å²) in [5.41, 5.74) is 10.7. The Balaban J connectivity index is 1.53. The van der Waals surface area contributed by atoms with Crippen LogP contribution in [-0.2, 0) is 9.53 Å². The molecule has 5 rings (SSSR count). The van der Waals surface area contributed by atoms with Crippen LogP contribution in [-0.4, -0.2) is 36.9 Å². The maximum atomic E-state index is 12.5. The molecule has 4 heteroatoms. The molecule has 224 valence electrons. The van der Waals surface area contributed by atoms with Gasteiger partial charge in [-0.05, 0) is 92.5 Å². The molecule has 0 N–H and O–H groups in total. The summed E-state index contributed by atoms with van der Waals surface area (Å²) in [6, 6.07) is 26.7. The Morgan fingerprint density at radius 1 is 0.884 bits per heavy atom. The minimum Gasteiger partial charge on any atom is -0.462 e. The lowest BCUT2D eigenvalue weighted by Gasteiger charge is -2.28. The molecule has 0 amide bonds. The summed E-state index contributed by atoms with van der Waals surface area (Å²) in [5, 5.41) is 0. The van der Waals surface area contributed by atoms with E-state index in [9.17, 15) is 4.79 Å². The molecular weight excluding hydrogens is 528 g/mol. The van der Waals surface area contributed by atoms with Crippen LogP contribution in [0.3, 0.4) is 0 Å². The number of aryl methyl sites for hydroxylation is 1. The molecule has 3 aromatic carbocycles. The third-order valence-electron chi connectivity index (χ3n) is 9.01. The number of carbonyl (C=O) groups excluding carboxylic acids is 1. The van der Waals surface area contributed by atoms with Gasteiger partial charge in [-0.1, -0.05) is 86.2 Å². The number of rotatable bonds is 9. The molecular formula is C39H46N2O2. The molecule has 0 heterocycles. The number of fused-ring (bicyclic) bond motifs is 1. The summed E-state index contributed by atoms with van der Waals surface area (Å²) < 4.78 is 5.89. The van der Waals surface area contributed by atoms with Crippen LogP contribution < -0.4 is 4.90 Å². The number of carbonyl (C=O) groups is 1. The average Bonchev–Trinajstić information content (AvgIpc) is 3.04. The highest BCUT2D eigenvalue weighted by Crippen LogP contribution is 2.38. The molecule has 0 aliphatic heterocycles. The van der Waals surface area contributed by atoms with Crippen molar-refractivity contribution >= 4 is 28.5 Å². The summed E-state index contributed by atoms with van der Waals surface area (Å²) in [6.45, 7) is 12.5. The van der Waals surface area contributed by atoms with E-state index >= 15 is 0 Å². The Labute approximate surface area is 258 Å². The van der Waals surface area contributed by atoms with E-state index in [4.69, 9.17) is 9.73 Å². The Hall–Kier alpha value is -3.92. The van der Waals surface area contributed by atoms with Crippen LogP contribution >= 0.6 is 0 Å². The number of anilines is 1. The lowest BCUT2D eigenvalue weighted by molar-refractivity contribution is -0.155. The van der Waals surface area contributed by atoms with E-state index in [0.29, 0.717) is 0 Å². The maximum absolute atomic E-state index is 12.5. The van der Waals surface area contributed by atoms with Crippen LogP contribution in [0.15, 0.2) is 89.9 Å². The van der Waals surface area contributed by atoms with Crippen LogP contribution in [0, 0.1) is 12.8 Å². The van der Waals surface area contributed by atoms with Crippen LogP contribution in [0.2, 0.25) is 0 Å². The molecule has 3 unspecified atom stereocenters. The molecule has 4 nitrogen and oxygen atoms in total. The number of hydrogen-bond acceptors (Lipinski definition) is 4. The van der Waals surface area contributed by atoms with Gasteiger partial charge in [0.1, 0.15) is 6.10 Å². The number of ether oxygens (including phenoxy) is 1. The number of nitrogens with zero attached hydrogens (tertiary/aromatic N) is 2. The Bertz CT molecular complexity index is 1490. The van der Waals surface area contributed by atoms with Gasteiger partial charge in [-0.15, -0.1) is 0 Å². The van der Waals surface area contributed by atoms with E-state index < -0.39 is 0 Å². The van der Waals surface area contributed by atoms with Gasteiger partial charge >= 0.3 is 5.97 Å². The van der Waals surface area contributed by atoms with Gasteiger partial charge in [0.05, 0.1) is 17.7 Å². The maximum Gasteiger partial charge on any atom is 0.308 e. The fraction of sp³-hybridized carbons (Fsp3) is 0.385. The number of benzene rings is 3. The fourth-order valence-electron chi connectivity index (χ4n) is 6.23. The van der Waals surface area contributed by atoms with Crippen LogP contribution in [0.1, 0.15) is 87.6 Å². The summed E-state index contributed by atoms with van der Waals surface area (Å²) in [6.07, 6.45) is 8.95. The third-order valence-corrected chi connectivity index (χ3v) is 9.01. The highest BCUT2D eigenvalue weighted by atomic mass is 16.5. The minimum absolute atomic E-state index is 0.0460. The first-order valence-electron chi connectivity index (χ1n) is 16.1. The second-order valence-corrected chi connectivity index (χ2v) is 12.0. The minimum atomic E-state index is -0.0766. The molecule has 43 heavy (non-hydrogen) atoms. The van der Waals surface area contributed by atoms with Crippen molar-refractivity contribution in [1.29, 1.82) is 0 Å². The number of allylic oxidation sites excluding steroid dienone is 3. The molecule has 1 saturated carbocycles. The van der Waals surface area contributed by atoms with E-state index in [1.54, 1.807) is 0 Å². The number of hydrogen-bond donors (Lipinski definition) is 0. The molecule has 3 atom stereocenters. The summed E-state index contributed by atoms with van der Waals surface area (Å²) in [5.74, 6) is -0.131. The second-order valence-electron chi connectivity index (χ2n) is 12.0. The van der Waals surface area contributed by atoms with E-state index in [0.717, 1.165) is 56.5 Å². The van der Waals surface area contributed by atoms with Gasteiger partial charge in [0.2, 0.25) is 0 Å². The third kappa shape index (κ3) is 7.01. The average molecular weight is 575 g/mol. The molecule has 2 aliphatic carbocycles. The van der Waals surface area contributed by atoms with Crippen molar-refractivity contribution in [3.05, 3.63) is 113 Å². The molecule has 0 saturated heterocycles. The first-order valence-corrected chi connectivity index (χ1v) is 16.1. The van der Waals surface area contributed by atoms with Crippen LogP contribution in [0.5, 0.6) is 0 Å². The van der Waals surface area contributed by atoms with E-state index in [1.807, 2.05) is 13.8 Å². The zero-order chi connectivity index (χ0) is 30.3. The Morgan fingerprint density at radius 3 is 2.19 bits per heavy atom. The van der Waals surface area contributed by atoms with Gasteiger partial charge < -0.3 is 9.64 Å². The first kappa shape index (κ1) is 30.5. The smallest absolute Gasteiger partial charge is 0.308 e.